The van der Waals surface area contributed by atoms with Gasteiger partial charge in [-0.15, -0.1) is 0 Å². The van der Waals surface area contributed by atoms with Gasteiger partial charge in [0.05, 0.1) is 49.7 Å². The predicted octanol–water partition coefficient (Wildman–Crippen LogP) is 1.55. The van der Waals surface area contributed by atoms with Crippen LogP contribution < -0.4 is 4.90 Å². The lowest BCUT2D eigenvalue weighted by Crippen LogP contribution is -2.47. The normalized spacial score (nSPS) is 22.6. The Labute approximate surface area is 158 Å². The third-order valence-electron chi connectivity index (χ3n) is 4.79. The Hall–Kier alpha value is -2.58. The number of aromatic nitrogens is 2. The van der Waals surface area contributed by atoms with Gasteiger partial charge in [-0.3, -0.25) is 19.2 Å². The molecule has 3 rings (SSSR count). The molecule has 2 amide bonds. The smallest absolute Gasteiger partial charge is 0.410 e. The van der Waals surface area contributed by atoms with E-state index in [4.69, 9.17) is 9.47 Å². The van der Waals surface area contributed by atoms with Gasteiger partial charge in [0, 0.05) is 13.0 Å². The van der Waals surface area contributed by atoms with Crippen LogP contribution in [0.1, 0.15) is 39.8 Å². The van der Waals surface area contributed by atoms with Gasteiger partial charge in [0.25, 0.3) is 0 Å². The maximum absolute atomic E-state index is 12.6. The Balaban J connectivity index is 1.82. The lowest BCUT2D eigenvalue weighted by Gasteiger charge is -2.36. The van der Waals surface area contributed by atoms with E-state index in [1.807, 2.05) is 27.7 Å². The number of fused-ring (bicyclic) bond motifs is 1. The Kier molecular flexibility index (Phi) is 4.88. The molecule has 27 heavy (non-hydrogen) atoms. The highest BCUT2D eigenvalue weighted by Gasteiger charge is 2.39. The molecule has 2 aliphatic heterocycles. The van der Waals surface area contributed by atoms with Gasteiger partial charge >= 0.3 is 12.1 Å². The van der Waals surface area contributed by atoms with Crippen LogP contribution >= 0.6 is 0 Å². The maximum atomic E-state index is 12.6. The van der Waals surface area contributed by atoms with Gasteiger partial charge in [-0.05, 0) is 27.7 Å². The standard InChI is InChI=1S/C18H26N4O5/c1-11-8-22-14(10-20(11)17(25)27-18(2,3)4)13(7-19-22)21-9-12(6-15(21)23)16(24)26-5/h7,11-12H,6,8-10H2,1-5H3. The third-order valence-corrected chi connectivity index (χ3v) is 4.79. The summed E-state index contributed by atoms with van der Waals surface area (Å²) in [6.45, 7) is 8.46. The first kappa shape index (κ1) is 19.2. The highest BCUT2D eigenvalue weighted by molar-refractivity contribution is 5.99. The minimum absolute atomic E-state index is 0.0859. The van der Waals surface area contributed by atoms with Crippen LogP contribution in [0.3, 0.4) is 0 Å². The van der Waals surface area contributed by atoms with Gasteiger partial charge in [-0.1, -0.05) is 0 Å². The summed E-state index contributed by atoms with van der Waals surface area (Å²) in [5.74, 6) is -1.03. The van der Waals surface area contributed by atoms with Crippen molar-refractivity contribution >= 4 is 23.7 Å². The van der Waals surface area contributed by atoms with Gasteiger partial charge in [-0.2, -0.15) is 5.10 Å². The van der Waals surface area contributed by atoms with Crippen molar-refractivity contribution in [3.8, 4) is 0 Å². The number of carbonyl (C=O) groups excluding carboxylic acids is 3. The van der Waals surface area contributed by atoms with E-state index < -0.39 is 23.6 Å². The molecule has 1 saturated heterocycles. The number of esters is 1. The predicted molar refractivity (Wildman–Crippen MR) is 95.9 cm³/mol. The number of anilines is 1. The van der Waals surface area contributed by atoms with Crippen molar-refractivity contribution < 1.29 is 23.9 Å². The molecular formula is C18H26N4O5. The molecule has 0 bridgehead atoms. The van der Waals surface area contributed by atoms with Gasteiger partial charge in [0.15, 0.2) is 0 Å². The first-order valence-electron chi connectivity index (χ1n) is 9.03. The zero-order valence-corrected chi connectivity index (χ0v) is 16.4. The Bertz CT molecular complexity index is 766. The number of carbonyl (C=O) groups is 3. The molecule has 148 valence electrons. The number of hydrogen-bond donors (Lipinski definition) is 0. The molecule has 3 heterocycles. The SMILES string of the molecule is COC(=O)C1CC(=O)N(c2cnn3c2CN(C(=O)OC(C)(C)C)C(C)C3)C1. The molecule has 2 unspecified atom stereocenters. The van der Waals surface area contributed by atoms with Crippen LogP contribution in [0.2, 0.25) is 0 Å². The second-order valence-electron chi connectivity index (χ2n) is 8.04. The summed E-state index contributed by atoms with van der Waals surface area (Å²) in [5.41, 5.74) is 0.806. The van der Waals surface area contributed by atoms with E-state index in [1.54, 1.807) is 20.7 Å². The number of amides is 2. The van der Waals surface area contributed by atoms with Crippen molar-refractivity contribution in [2.24, 2.45) is 5.92 Å². The van der Waals surface area contributed by atoms with Crippen LogP contribution in [-0.2, 0) is 32.2 Å². The molecule has 9 heteroatoms. The third kappa shape index (κ3) is 3.77. The molecule has 0 aromatic carbocycles. The first-order chi connectivity index (χ1) is 12.6. The van der Waals surface area contributed by atoms with E-state index in [1.165, 1.54) is 7.11 Å². The summed E-state index contributed by atoms with van der Waals surface area (Å²) in [6, 6.07) is -0.0859. The van der Waals surface area contributed by atoms with Gasteiger partial charge in [0.2, 0.25) is 5.91 Å². The Morgan fingerprint density at radius 3 is 2.59 bits per heavy atom. The molecular weight excluding hydrogens is 352 g/mol. The quantitative estimate of drug-likeness (QED) is 0.725. The number of methoxy groups -OCH3 is 1. The molecule has 1 aromatic heterocycles. The average Bonchev–Trinajstić information content (AvgIpc) is 3.14. The molecule has 2 atom stereocenters. The number of rotatable bonds is 2. The maximum Gasteiger partial charge on any atom is 0.410 e. The van der Waals surface area contributed by atoms with Crippen molar-refractivity contribution in [3.05, 3.63) is 11.9 Å². The molecule has 1 fully saturated rings. The molecule has 0 saturated carbocycles. The summed E-state index contributed by atoms with van der Waals surface area (Å²) in [7, 11) is 1.32. The lowest BCUT2D eigenvalue weighted by molar-refractivity contribution is -0.145. The molecule has 2 aliphatic rings. The average molecular weight is 378 g/mol. The lowest BCUT2D eigenvalue weighted by atomic mass is 10.1. The Morgan fingerprint density at radius 1 is 1.26 bits per heavy atom. The monoisotopic (exact) mass is 378 g/mol. The molecule has 0 radical (unpaired) electrons. The van der Waals surface area contributed by atoms with Crippen LogP contribution in [0, 0.1) is 5.92 Å². The van der Waals surface area contributed by atoms with Crippen molar-refractivity contribution in [2.45, 2.75) is 58.8 Å². The fraction of sp³-hybridized carbons (Fsp3) is 0.667. The highest BCUT2D eigenvalue weighted by atomic mass is 16.6. The second-order valence-corrected chi connectivity index (χ2v) is 8.04. The van der Waals surface area contributed by atoms with Crippen LogP contribution in [0.25, 0.3) is 0 Å². The minimum atomic E-state index is -0.587. The molecule has 9 nitrogen and oxygen atoms in total. The van der Waals surface area contributed by atoms with Crippen molar-refractivity contribution in [1.82, 2.24) is 14.7 Å². The van der Waals surface area contributed by atoms with E-state index in [-0.39, 0.29) is 31.5 Å². The highest BCUT2D eigenvalue weighted by Crippen LogP contribution is 2.32. The van der Waals surface area contributed by atoms with Crippen LogP contribution in [0.4, 0.5) is 10.5 Å². The van der Waals surface area contributed by atoms with E-state index >= 15 is 0 Å². The summed E-state index contributed by atoms with van der Waals surface area (Å²) >= 11 is 0. The number of nitrogens with zero attached hydrogens (tertiary/aromatic N) is 4. The summed E-state index contributed by atoms with van der Waals surface area (Å²) in [6.07, 6.45) is 1.34. The van der Waals surface area contributed by atoms with Gasteiger partial charge in [-0.25, -0.2) is 4.79 Å². The molecule has 1 aromatic rings. The topological polar surface area (TPSA) is 94.0 Å². The van der Waals surface area contributed by atoms with Crippen molar-refractivity contribution in [2.75, 3.05) is 18.6 Å². The molecule has 0 spiro atoms. The summed E-state index contributed by atoms with van der Waals surface area (Å²) < 4.78 is 12.1. The van der Waals surface area contributed by atoms with Gasteiger partial charge < -0.3 is 14.4 Å². The second kappa shape index (κ2) is 6.86. The van der Waals surface area contributed by atoms with Crippen molar-refractivity contribution in [3.63, 3.8) is 0 Å². The van der Waals surface area contributed by atoms with E-state index in [0.717, 1.165) is 5.69 Å². The summed E-state index contributed by atoms with van der Waals surface area (Å²) in [4.78, 5) is 40.0. The van der Waals surface area contributed by atoms with Gasteiger partial charge in [0.1, 0.15) is 5.60 Å². The summed E-state index contributed by atoms with van der Waals surface area (Å²) in [5, 5.41) is 4.37. The fourth-order valence-corrected chi connectivity index (χ4v) is 3.44. The van der Waals surface area contributed by atoms with E-state index in [9.17, 15) is 14.4 Å². The largest absolute Gasteiger partial charge is 0.469 e. The number of ether oxygens (including phenoxy) is 2. The van der Waals surface area contributed by atoms with Crippen molar-refractivity contribution in [1.29, 1.82) is 0 Å². The molecule has 0 N–H and O–H groups in total. The van der Waals surface area contributed by atoms with Crippen LogP contribution in [-0.4, -0.2) is 57.9 Å². The Morgan fingerprint density at radius 2 is 1.96 bits per heavy atom. The van der Waals surface area contributed by atoms with Crippen LogP contribution in [0.5, 0.6) is 0 Å². The van der Waals surface area contributed by atoms with E-state index in [2.05, 4.69) is 5.10 Å². The van der Waals surface area contributed by atoms with E-state index in [0.29, 0.717) is 12.2 Å². The first-order valence-corrected chi connectivity index (χ1v) is 9.03. The van der Waals surface area contributed by atoms with Crippen LogP contribution in [0.15, 0.2) is 6.20 Å². The zero-order valence-electron chi connectivity index (χ0n) is 16.4. The molecule has 0 aliphatic carbocycles. The zero-order chi connectivity index (χ0) is 19.9. The fourth-order valence-electron chi connectivity index (χ4n) is 3.44. The minimum Gasteiger partial charge on any atom is -0.469 e. The number of hydrogen-bond acceptors (Lipinski definition) is 6.